The molecule has 0 atom stereocenters. The Labute approximate surface area is 120 Å². The van der Waals surface area contributed by atoms with Gasteiger partial charge in [0.25, 0.3) is 0 Å². The van der Waals surface area contributed by atoms with Gasteiger partial charge < -0.3 is 20.9 Å². The van der Waals surface area contributed by atoms with Crippen LogP contribution in [-0.4, -0.2) is 22.0 Å². The summed E-state index contributed by atoms with van der Waals surface area (Å²) in [6.07, 6.45) is 1.15. The molecule has 1 aromatic carbocycles. The quantitative estimate of drug-likeness (QED) is 0.793. The zero-order chi connectivity index (χ0) is 15.4. The van der Waals surface area contributed by atoms with Crippen molar-refractivity contribution in [3.05, 3.63) is 42.1 Å². The highest BCUT2D eigenvalue weighted by Gasteiger charge is 2.11. The number of hydrogen-bond acceptors (Lipinski definition) is 5. The molecule has 0 aliphatic heterocycles. The van der Waals surface area contributed by atoms with E-state index in [4.69, 9.17) is 15.6 Å². The number of ether oxygens (including phenoxy) is 1. The van der Waals surface area contributed by atoms with Gasteiger partial charge in [0.2, 0.25) is 11.8 Å². The predicted octanol–water partition coefficient (Wildman–Crippen LogP) is 2.11. The van der Waals surface area contributed by atoms with Crippen molar-refractivity contribution < 1.29 is 19.4 Å². The lowest BCUT2D eigenvalue weighted by Crippen LogP contribution is -2.07. The van der Waals surface area contributed by atoms with Crippen molar-refractivity contribution in [1.29, 1.82) is 0 Å². The zero-order valence-corrected chi connectivity index (χ0v) is 11.2. The van der Waals surface area contributed by atoms with Gasteiger partial charge in [0.05, 0.1) is 16.9 Å². The number of carboxylic acids is 1. The maximum Gasteiger partial charge on any atom is 0.337 e. The fraction of sp³-hybridized carbons (Fsp3) is 0.0714. The number of para-hydroxylation sites is 2. The van der Waals surface area contributed by atoms with Gasteiger partial charge in [-0.05, 0) is 18.2 Å². The number of carboxylic acid groups (broad SMARTS) is 1. The van der Waals surface area contributed by atoms with Gasteiger partial charge in [-0.2, -0.15) is 0 Å². The highest BCUT2D eigenvalue weighted by Crippen LogP contribution is 2.31. The van der Waals surface area contributed by atoms with Crippen LogP contribution in [0.5, 0.6) is 11.6 Å². The van der Waals surface area contributed by atoms with Gasteiger partial charge >= 0.3 is 5.97 Å². The minimum atomic E-state index is -1.13. The van der Waals surface area contributed by atoms with Crippen LogP contribution in [0.2, 0.25) is 0 Å². The second-order valence-electron chi connectivity index (χ2n) is 4.20. The third-order valence-corrected chi connectivity index (χ3v) is 2.53. The van der Waals surface area contributed by atoms with Crippen LogP contribution in [0.15, 0.2) is 36.5 Å². The Hall–Kier alpha value is -3.09. The molecular weight excluding hydrogens is 274 g/mol. The van der Waals surface area contributed by atoms with Crippen LogP contribution in [-0.2, 0) is 4.79 Å². The Morgan fingerprint density at radius 2 is 2.05 bits per heavy atom. The number of nitrogens with zero attached hydrogens (tertiary/aromatic N) is 1. The van der Waals surface area contributed by atoms with Crippen LogP contribution < -0.4 is 15.8 Å². The molecule has 0 saturated carbocycles. The Morgan fingerprint density at radius 1 is 1.33 bits per heavy atom. The van der Waals surface area contributed by atoms with Crippen LogP contribution in [0.1, 0.15) is 17.3 Å². The summed E-state index contributed by atoms with van der Waals surface area (Å²) in [5.41, 5.74) is 6.24. The standard InChI is InChI=1S/C14H13N3O4/c1-8(18)17-11-4-2-3-5-12(11)21-13-10(15)6-9(7-16-13)14(19)20/h2-7H,15H2,1H3,(H,17,18)(H,19,20). The molecule has 0 aliphatic rings. The second kappa shape index (κ2) is 5.91. The molecule has 1 aromatic heterocycles. The molecule has 2 aromatic rings. The normalized spacial score (nSPS) is 9.95. The summed E-state index contributed by atoms with van der Waals surface area (Å²) in [7, 11) is 0. The van der Waals surface area contributed by atoms with E-state index in [0.29, 0.717) is 11.4 Å². The fourth-order valence-corrected chi connectivity index (χ4v) is 1.62. The Morgan fingerprint density at radius 3 is 2.67 bits per heavy atom. The lowest BCUT2D eigenvalue weighted by molar-refractivity contribution is -0.114. The van der Waals surface area contributed by atoms with E-state index in [1.54, 1.807) is 24.3 Å². The number of nitrogen functional groups attached to an aromatic ring is 1. The van der Waals surface area contributed by atoms with Crippen molar-refractivity contribution in [3.63, 3.8) is 0 Å². The number of anilines is 2. The topological polar surface area (TPSA) is 115 Å². The average Bonchev–Trinajstić information content (AvgIpc) is 2.42. The maximum absolute atomic E-state index is 11.1. The smallest absolute Gasteiger partial charge is 0.337 e. The van der Waals surface area contributed by atoms with E-state index < -0.39 is 5.97 Å². The van der Waals surface area contributed by atoms with E-state index in [1.165, 1.54) is 13.0 Å². The summed E-state index contributed by atoms with van der Waals surface area (Å²) in [5, 5.41) is 11.5. The molecule has 7 nitrogen and oxygen atoms in total. The molecule has 108 valence electrons. The minimum absolute atomic E-state index is 0.0324. The van der Waals surface area contributed by atoms with E-state index in [2.05, 4.69) is 10.3 Å². The van der Waals surface area contributed by atoms with E-state index >= 15 is 0 Å². The summed E-state index contributed by atoms with van der Waals surface area (Å²) < 4.78 is 5.53. The van der Waals surface area contributed by atoms with E-state index in [0.717, 1.165) is 6.20 Å². The number of aromatic carboxylic acids is 1. The predicted molar refractivity (Wildman–Crippen MR) is 76.4 cm³/mol. The van der Waals surface area contributed by atoms with Crippen molar-refractivity contribution in [2.75, 3.05) is 11.1 Å². The van der Waals surface area contributed by atoms with Gasteiger partial charge in [0.15, 0.2) is 5.75 Å². The van der Waals surface area contributed by atoms with Gasteiger partial charge in [0.1, 0.15) is 0 Å². The molecule has 1 amide bonds. The summed E-state index contributed by atoms with van der Waals surface area (Å²) >= 11 is 0. The van der Waals surface area contributed by atoms with Gasteiger partial charge in [-0.1, -0.05) is 12.1 Å². The Balaban J connectivity index is 2.30. The SMILES string of the molecule is CC(=O)Nc1ccccc1Oc1ncc(C(=O)O)cc1N. The number of amides is 1. The highest BCUT2D eigenvalue weighted by molar-refractivity contribution is 5.90. The third-order valence-electron chi connectivity index (χ3n) is 2.53. The molecule has 7 heteroatoms. The number of aromatic nitrogens is 1. The van der Waals surface area contributed by atoms with Crippen molar-refractivity contribution in [3.8, 4) is 11.6 Å². The van der Waals surface area contributed by atoms with Crippen LogP contribution >= 0.6 is 0 Å². The van der Waals surface area contributed by atoms with Crippen LogP contribution in [0.4, 0.5) is 11.4 Å². The summed E-state index contributed by atoms with van der Waals surface area (Å²) in [6.45, 7) is 1.38. The summed E-state index contributed by atoms with van der Waals surface area (Å²) in [6, 6.07) is 8.02. The minimum Gasteiger partial charge on any atom is -0.478 e. The summed E-state index contributed by atoms with van der Waals surface area (Å²) in [4.78, 5) is 25.8. The average molecular weight is 287 g/mol. The number of nitrogens with two attached hydrogens (primary N) is 1. The largest absolute Gasteiger partial charge is 0.478 e. The number of pyridine rings is 1. The van der Waals surface area contributed by atoms with E-state index in [9.17, 15) is 9.59 Å². The third kappa shape index (κ3) is 3.47. The van der Waals surface area contributed by atoms with Gasteiger partial charge in [-0.15, -0.1) is 0 Å². The molecule has 4 N–H and O–H groups in total. The van der Waals surface area contributed by atoms with Gasteiger partial charge in [-0.25, -0.2) is 9.78 Å². The monoisotopic (exact) mass is 287 g/mol. The number of carbonyl (C=O) groups is 2. The van der Waals surface area contributed by atoms with E-state index in [-0.39, 0.29) is 23.0 Å². The molecule has 0 bridgehead atoms. The fourth-order valence-electron chi connectivity index (χ4n) is 1.62. The maximum atomic E-state index is 11.1. The van der Waals surface area contributed by atoms with Crippen molar-refractivity contribution in [1.82, 2.24) is 4.98 Å². The van der Waals surface area contributed by atoms with Crippen molar-refractivity contribution in [2.24, 2.45) is 0 Å². The lowest BCUT2D eigenvalue weighted by Gasteiger charge is -2.12. The van der Waals surface area contributed by atoms with Crippen LogP contribution in [0.3, 0.4) is 0 Å². The molecule has 21 heavy (non-hydrogen) atoms. The molecule has 1 heterocycles. The van der Waals surface area contributed by atoms with E-state index in [1.807, 2.05) is 0 Å². The summed E-state index contributed by atoms with van der Waals surface area (Å²) in [5.74, 6) is -0.944. The molecule has 0 radical (unpaired) electrons. The molecule has 0 fully saturated rings. The molecule has 0 aliphatic carbocycles. The number of rotatable bonds is 4. The van der Waals surface area contributed by atoms with Crippen molar-refractivity contribution in [2.45, 2.75) is 6.92 Å². The lowest BCUT2D eigenvalue weighted by atomic mass is 10.2. The van der Waals surface area contributed by atoms with Crippen molar-refractivity contribution >= 4 is 23.3 Å². The highest BCUT2D eigenvalue weighted by atomic mass is 16.5. The van der Waals surface area contributed by atoms with Gasteiger partial charge in [0, 0.05) is 13.1 Å². The Bertz CT molecular complexity index is 700. The van der Waals surface area contributed by atoms with Crippen LogP contribution in [0, 0.1) is 0 Å². The first-order valence-electron chi connectivity index (χ1n) is 6.00. The molecular formula is C14H13N3O4. The second-order valence-corrected chi connectivity index (χ2v) is 4.20. The number of hydrogen-bond donors (Lipinski definition) is 3. The van der Waals surface area contributed by atoms with Gasteiger partial charge in [-0.3, -0.25) is 4.79 Å². The number of benzene rings is 1. The number of nitrogens with one attached hydrogen (secondary N) is 1. The first-order chi connectivity index (χ1) is 9.97. The molecule has 0 spiro atoms. The Kier molecular flexibility index (Phi) is 4.03. The zero-order valence-electron chi connectivity index (χ0n) is 11.2. The molecule has 0 unspecified atom stereocenters. The first-order valence-corrected chi connectivity index (χ1v) is 6.00. The first kappa shape index (κ1) is 14.3. The number of carbonyl (C=O) groups excluding carboxylic acids is 1. The molecule has 0 saturated heterocycles. The molecule has 2 rings (SSSR count). The van der Waals surface area contributed by atoms with Crippen LogP contribution in [0.25, 0.3) is 0 Å².